The Labute approximate surface area is 186 Å². The van der Waals surface area contributed by atoms with Crippen LogP contribution in [0.4, 0.5) is 57.1 Å². The molecule has 0 nitrogen and oxygen atoms in total. The van der Waals surface area contributed by atoms with Gasteiger partial charge < -0.3 is 0 Å². The molecule has 14 heteroatoms. The summed E-state index contributed by atoms with van der Waals surface area (Å²) in [5.74, 6) is -35.2. The Morgan fingerprint density at radius 1 is 0.324 bits per heavy atom. The molecule has 0 aromatic heterocycles. The van der Waals surface area contributed by atoms with Crippen LogP contribution in [-0.2, 0) is 6.42 Å². The van der Waals surface area contributed by atoms with Crippen LogP contribution in [-0.4, -0.2) is 5.75 Å². The quantitative estimate of drug-likeness (QED) is 0.158. The fourth-order valence-electron chi connectivity index (χ4n) is 3.12. The minimum atomic E-state index is -2.88. The summed E-state index contributed by atoms with van der Waals surface area (Å²) in [6, 6.07) is 0. The zero-order valence-electron chi connectivity index (χ0n) is 15.8. The third-order valence-corrected chi connectivity index (χ3v) is 4.91. The molecule has 0 fully saturated rings. The molecule has 0 unspecified atom stereocenters. The Morgan fingerprint density at radius 3 is 0.794 bits per heavy atom. The summed E-state index contributed by atoms with van der Waals surface area (Å²) in [7, 11) is 0. The first-order valence-corrected chi connectivity index (χ1v) is 9.26. The molecular formula is C20H5F13S. The van der Waals surface area contributed by atoms with Gasteiger partial charge in [0.2, 0.25) is 5.82 Å². The van der Waals surface area contributed by atoms with Gasteiger partial charge in [-0.15, -0.1) is 0 Å². The molecule has 0 bridgehead atoms. The van der Waals surface area contributed by atoms with Crippen LogP contribution < -0.4 is 0 Å². The van der Waals surface area contributed by atoms with E-state index >= 15 is 0 Å². The first kappa shape index (κ1) is 25.7. The zero-order chi connectivity index (χ0) is 25.8. The van der Waals surface area contributed by atoms with Crippen LogP contribution in [0.15, 0.2) is 0 Å². The summed E-state index contributed by atoms with van der Waals surface area (Å²) in [6.07, 6.45) is -0.720. The molecule has 3 rings (SSSR count). The molecule has 182 valence electrons. The first-order chi connectivity index (χ1) is 15.8. The van der Waals surface area contributed by atoms with Gasteiger partial charge in [-0.05, 0) is 12.2 Å². The normalized spacial score (nSPS) is 11.5. The average molecular weight is 524 g/mol. The molecule has 3 aromatic carbocycles. The van der Waals surface area contributed by atoms with E-state index in [9.17, 15) is 57.1 Å². The molecular weight excluding hydrogens is 519 g/mol. The molecule has 0 N–H and O–H groups in total. The lowest BCUT2D eigenvalue weighted by molar-refractivity contribution is 0.379. The first-order valence-electron chi connectivity index (χ1n) is 8.63. The van der Waals surface area contributed by atoms with E-state index in [0.717, 1.165) is 0 Å². The Kier molecular flexibility index (Phi) is 6.84. The second-order valence-corrected chi connectivity index (χ2v) is 6.98. The van der Waals surface area contributed by atoms with E-state index in [1.807, 2.05) is 0 Å². The molecule has 0 atom stereocenters. The van der Waals surface area contributed by atoms with Gasteiger partial charge >= 0.3 is 0 Å². The maximum atomic E-state index is 14.6. The van der Waals surface area contributed by atoms with Gasteiger partial charge in [-0.2, -0.15) is 12.6 Å². The lowest BCUT2D eigenvalue weighted by atomic mass is 9.94. The lowest BCUT2D eigenvalue weighted by Crippen LogP contribution is -2.12. The molecule has 0 aliphatic rings. The molecule has 0 aliphatic heterocycles. The molecule has 34 heavy (non-hydrogen) atoms. The Bertz CT molecular complexity index is 1260. The van der Waals surface area contributed by atoms with Crippen LogP contribution in [0.1, 0.15) is 5.56 Å². The number of hydrogen-bond donors (Lipinski definition) is 1. The maximum Gasteiger partial charge on any atom is 0.200 e. The van der Waals surface area contributed by atoms with Crippen molar-refractivity contribution in [3.05, 3.63) is 81.2 Å². The highest BCUT2D eigenvalue weighted by Crippen LogP contribution is 2.42. The van der Waals surface area contributed by atoms with Crippen molar-refractivity contribution < 1.29 is 57.1 Å². The minimum Gasteiger partial charge on any atom is -0.203 e. The fraction of sp³-hybridized carbons (Fsp3) is 0.100. The van der Waals surface area contributed by atoms with Crippen molar-refractivity contribution in [1.82, 2.24) is 0 Å². The molecule has 0 radical (unpaired) electrons. The molecule has 0 saturated carbocycles. The van der Waals surface area contributed by atoms with Crippen molar-refractivity contribution in [2.75, 3.05) is 5.75 Å². The molecule has 0 spiro atoms. The number of thiol groups is 1. The van der Waals surface area contributed by atoms with E-state index in [-0.39, 0.29) is 5.75 Å². The molecule has 0 heterocycles. The van der Waals surface area contributed by atoms with Gasteiger partial charge in [0.15, 0.2) is 69.8 Å². The van der Waals surface area contributed by atoms with E-state index in [1.54, 1.807) is 0 Å². The number of benzene rings is 3. The number of halogens is 13. The van der Waals surface area contributed by atoms with Crippen molar-refractivity contribution in [3.63, 3.8) is 0 Å². The van der Waals surface area contributed by atoms with Crippen molar-refractivity contribution in [1.29, 1.82) is 0 Å². The molecule has 0 amide bonds. The van der Waals surface area contributed by atoms with Crippen LogP contribution >= 0.6 is 12.6 Å². The van der Waals surface area contributed by atoms with Crippen molar-refractivity contribution in [2.45, 2.75) is 6.42 Å². The maximum absolute atomic E-state index is 14.6. The number of rotatable bonds is 4. The Hall–Kier alpha value is -2.90. The van der Waals surface area contributed by atoms with Crippen LogP contribution in [0.25, 0.3) is 22.3 Å². The molecule has 0 saturated heterocycles. The SMILES string of the molecule is Fc1c(F)c(F)c(-c2c(F)c(F)c(-c3c(F)c(F)c(CCS)c(F)c3F)c(F)c2F)c(F)c1F. The lowest BCUT2D eigenvalue weighted by Gasteiger charge is -2.16. The molecule has 0 aliphatic carbocycles. The summed E-state index contributed by atoms with van der Waals surface area (Å²) in [5.41, 5.74) is -10.8. The summed E-state index contributed by atoms with van der Waals surface area (Å²) in [6.45, 7) is 0. The van der Waals surface area contributed by atoms with E-state index in [4.69, 9.17) is 0 Å². The Morgan fingerprint density at radius 2 is 0.529 bits per heavy atom. The second-order valence-electron chi connectivity index (χ2n) is 6.53. The van der Waals surface area contributed by atoms with Gasteiger partial charge in [0.1, 0.15) is 0 Å². The van der Waals surface area contributed by atoms with Crippen molar-refractivity contribution in [2.24, 2.45) is 0 Å². The van der Waals surface area contributed by atoms with Gasteiger partial charge in [-0.1, -0.05) is 0 Å². The smallest absolute Gasteiger partial charge is 0.200 e. The van der Waals surface area contributed by atoms with E-state index < -0.39 is 110 Å². The van der Waals surface area contributed by atoms with Crippen LogP contribution in [0.3, 0.4) is 0 Å². The third kappa shape index (κ3) is 3.58. The average Bonchev–Trinajstić information content (AvgIpc) is 2.81. The van der Waals surface area contributed by atoms with Crippen molar-refractivity contribution >= 4 is 12.6 Å². The second kappa shape index (κ2) is 9.04. The van der Waals surface area contributed by atoms with E-state index in [2.05, 4.69) is 12.6 Å². The Balaban J connectivity index is 2.46. The van der Waals surface area contributed by atoms with E-state index in [1.165, 1.54) is 0 Å². The fourth-order valence-corrected chi connectivity index (χ4v) is 3.35. The standard InChI is InChI=1S/C20H5F13S/c21-8-3(1-2-34)9(22)11(24)4(10(8)23)5-12(25)14(27)6(15(28)13(5)26)7-16(29)18(31)20(33)19(32)17(7)30/h34H,1-2H2. The van der Waals surface area contributed by atoms with E-state index in [0.29, 0.717) is 0 Å². The summed E-state index contributed by atoms with van der Waals surface area (Å²) in [5, 5.41) is 0. The van der Waals surface area contributed by atoms with Crippen molar-refractivity contribution in [3.8, 4) is 22.3 Å². The summed E-state index contributed by atoms with van der Waals surface area (Å²) in [4.78, 5) is 0. The third-order valence-electron chi connectivity index (χ3n) is 4.69. The van der Waals surface area contributed by atoms with Crippen LogP contribution in [0.2, 0.25) is 0 Å². The highest BCUT2D eigenvalue weighted by Gasteiger charge is 2.37. The predicted molar refractivity (Wildman–Crippen MR) is 94.3 cm³/mol. The topological polar surface area (TPSA) is 0 Å². The van der Waals surface area contributed by atoms with Crippen LogP contribution in [0, 0.1) is 75.6 Å². The monoisotopic (exact) mass is 524 g/mol. The highest BCUT2D eigenvalue weighted by molar-refractivity contribution is 7.80. The molecule has 3 aromatic rings. The van der Waals surface area contributed by atoms with Gasteiger partial charge in [-0.25, -0.2) is 57.1 Å². The largest absolute Gasteiger partial charge is 0.203 e. The number of hydrogen-bond acceptors (Lipinski definition) is 1. The minimum absolute atomic E-state index is 0.353. The summed E-state index contributed by atoms with van der Waals surface area (Å²) >= 11 is 3.60. The van der Waals surface area contributed by atoms with Gasteiger partial charge in [0.05, 0.1) is 22.3 Å². The summed E-state index contributed by atoms with van der Waals surface area (Å²) < 4.78 is 183. The zero-order valence-corrected chi connectivity index (χ0v) is 16.7. The van der Waals surface area contributed by atoms with Gasteiger partial charge in [0.25, 0.3) is 0 Å². The van der Waals surface area contributed by atoms with Gasteiger partial charge in [0, 0.05) is 5.56 Å². The predicted octanol–water partition coefficient (Wildman–Crippen LogP) is 7.30. The van der Waals surface area contributed by atoms with Crippen LogP contribution in [0.5, 0.6) is 0 Å². The highest BCUT2D eigenvalue weighted by atomic mass is 32.1. The van der Waals surface area contributed by atoms with Gasteiger partial charge in [-0.3, -0.25) is 0 Å².